The zero-order valence-corrected chi connectivity index (χ0v) is 9.44. The largest absolute Gasteiger partial charge is 0.472 e. The number of carbonyl (C=O) groups excluding carboxylic acids is 1. The van der Waals surface area contributed by atoms with Gasteiger partial charge in [-0.1, -0.05) is 0 Å². The van der Waals surface area contributed by atoms with Crippen molar-refractivity contribution in [3.8, 4) is 0 Å². The molecule has 0 aliphatic carbocycles. The summed E-state index contributed by atoms with van der Waals surface area (Å²) in [4.78, 5) is 10.4. The molecular formula is C10H9NO5S. The number of carbonyl (C=O) groups is 1. The van der Waals surface area contributed by atoms with E-state index in [2.05, 4.69) is 4.72 Å². The van der Waals surface area contributed by atoms with Gasteiger partial charge in [-0.15, -0.1) is 0 Å². The maximum Gasteiger partial charge on any atom is 0.274 e. The molecule has 0 saturated carbocycles. The van der Waals surface area contributed by atoms with Crippen LogP contribution in [0.1, 0.15) is 16.1 Å². The van der Waals surface area contributed by atoms with Gasteiger partial charge in [0, 0.05) is 12.1 Å². The topological polar surface area (TPSA) is 89.5 Å². The second kappa shape index (κ2) is 4.56. The summed E-state index contributed by atoms with van der Waals surface area (Å²) < 4.78 is 35.4. The molecule has 2 rings (SSSR count). The van der Waals surface area contributed by atoms with E-state index in [1.807, 2.05) is 0 Å². The first-order chi connectivity index (χ1) is 8.12. The van der Waals surface area contributed by atoms with E-state index in [1.54, 1.807) is 6.07 Å². The molecule has 1 N–H and O–H groups in total. The van der Waals surface area contributed by atoms with Gasteiger partial charge in [0.05, 0.1) is 12.5 Å². The quantitative estimate of drug-likeness (QED) is 0.810. The summed E-state index contributed by atoms with van der Waals surface area (Å²) >= 11 is 0. The Balaban J connectivity index is 2.11. The minimum atomic E-state index is -3.74. The molecule has 2 heterocycles. The van der Waals surface area contributed by atoms with Gasteiger partial charge in [0.1, 0.15) is 0 Å². The van der Waals surface area contributed by atoms with Crippen LogP contribution in [0.25, 0.3) is 0 Å². The summed E-state index contributed by atoms with van der Waals surface area (Å²) in [7, 11) is -3.74. The van der Waals surface area contributed by atoms with E-state index in [4.69, 9.17) is 8.83 Å². The smallest absolute Gasteiger partial charge is 0.274 e. The van der Waals surface area contributed by atoms with Crippen LogP contribution in [0, 0.1) is 0 Å². The van der Waals surface area contributed by atoms with Crippen molar-refractivity contribution in [1.82, 2.24) is 4.72 Å². The van der Waals surface area contributed by atoms with E-state index in [9.17, 15) is 13.2 Å². The summed E-state index contributed by atoms with van der Waals surface area (Å²) in [6, 6.07) is 4.16. The number of aldehydes is 1. The average Bonchev–Trinajstić information content (AvgIpc) is 2.98. The van der Waals surface area contributed by atoms with Gasteiger partial charge in [0.15, 0.2) is 12.0 Å². The molecule has 0 fully saturated rings. The minimum Gasteiger partial charge on any atom is -0.472 e. The van der Waals surface area contributed by atoms with Gasteiger partial charge in [-0.2, -0.15) is 0 Å². The molecule has 0 spiro atoms. The fourth-order valence-corrected chi connectivity index (χ4v) is 2.14. The summed E-state index contributed by atoms with van der Waals surface area (Å²) in [5.74, 6) is -0.0336. The fourth-order valence-electron chi connectivity index (χ4n) is 1.18. The molecule has 0 atom stereocenters. The third kappa shape index (κ3) is 2.63. The molecule has 0 amide bonds. The molecule has 0 saturated heterocycles. The molecule has 0 bridgehead atoms. The van der Waals surface area contributed by atoms with Crippen molar-refractivity contribution in [3.63, 3.8) is 0 Å². The van der Waals surface area contributed by atoms with E-state index in [0.717, 1.165) is 0 Å². The van der Waals surface area contributed by atoms with Gasteiger partial charge in [-0.3, -0.25) is 4.79 Å². The summed E-state index contributed by atoms with van der Waals surface area (Å²) in [5.41, 5.74) is 0.691. The Morgan fingerprint density at radius 1 is 1.29 bits per heavy atom. The maximum absolute atomic E-state index is 11.7. The third-order valence-electron chi connectivity index (χ3n) is 2.03. The first-order valence-corrected chi connectivity index (χ1v) is 6.16. The lowest BCUT2D eigenvalue weighted by Crippen LogP contribution is -2.22. The van der Waals surface area contributed by atoms with Crippen molar-refractivity contribution in [2.45, 2.75) is 11.6 Å². The van der Waals surface area contributed by atoms with Gasteiger partial charge in [-0.05, 0) is 18.2 Å². The molecule has 90 valence electrons. The number of hydrogen-bond acceptors (Lipinski definition) is 5. The molecule has 6 nitrogen and oxygen atoms in total. The van der Waals surface area contributed by atoms with Crippen LogP contribution in [0.2, 0.25) is 0 Å². The van der Waals surface area contributed by atoms with Gasteiger partial charge < -0.3 is 8.83 Å². The van der Waals surface area contributed by atoms with E-state index < -0.39 is 10.0 Å². The van der Waals surface area contributed by atoms with E-state index in [-0.39, 0.29) is 17.4 Å². The number of rotatable bonds is 5. The van der Waals surface area contributed by atoms with Gasteiger partial charge >= 0.3 is 0 Å². The van der Waals surface area contributed by atoms with Crippen molar-refractivity contribution < 1.29 is 22.0 Å². The van der Waals surface area contributed by atoms with Crippen molar-refractivity contribution in [2.24, 2.45) is 0 Å². The molecule has 2 aromatic rings. The average molecular weight is 255 g/mol. The standard InChI is InChI=1S/C10H9NO5S/c12-6-9-1-2-10(16-9)17(13,14)11-5-8-3-4-15-7-8/h1-4,6-7,11H,5H2. The Morgan fingerprint density at radius 2 is 2.12 bits per heavy atom. The SMILES string of the molecule is O=Cc1ccc(S(=O)(=O)NCc2ccoc2)o1. The van der Waals surface area contributed by atoms with Crippen LogP contribution in [0.15, 0.2) is 44.7 Å². The second-order valence-electron chi connectivity index (χ2n) is 3.23. The van der Waals surface area contributed by atoms with Gasteiger partial charge in [-0.25, -0.2) is 13.1 Å². The number of nitrogens with one attached hydrogen (secondary N) is 1. The fraction of sp³-hybridized carbons (Fsp3) is 0.100. The van der Waals surface area contributed by atoms with E-state index >= 15 is 0 Å². The zero-order chi connectivity index (χ0) is 12.3. The van der Waals surface area contributed by atoms with Crippen LogP contribution in [-0.4, -0.2) is 14.7 Å². The highest BCUT2D eigenvalue weighted by Crippen LogP contribution is 2.13. The van der Waals surface area contributed by atoms with Crippen molar-refractivity contribution in [2.75, 3.05) is 0 Å². The summed E-state index contributed by atoms with van der Waals surface area (Å²) in [6.07, 6.45) is 3.32. The highest BCUT2D eigenvalue weighted by Gasteiger charge is 2.18. The molecule has 0 aliphatic rings. The predicted molar refractivity (Wildman–Crippen MR) is 56.8 cm³/mol. The van der Waals surface area contributed by atoms with E-state index in [0.29, 0.717) is 11.8 Å². The zero-order valence-electron chi connectivity index (χ0n) is 8.62. The van der Waals surface area contributed by atoms with Crippen LogP contribution in [0.4, 0.5) is 0 Å². The second-order valence-corrected chi connectivity index (χ2v) is 4.93. The first kappa shape index (κ1) is 11.6. The Morgan fingerprint density at radius 3 is 2.71 bits per heavy atom. The third-order valence-corrected chi connectivity index (χ3v) is 3.30. The Kier molecular flexibility index (Phi) is 3.12. The Hall–Kier alpha value is -1.86. The van der Waals surface area contributed by atoms with Crippen LogP contribution in [0.5, 0.6) is 0 Å². The summed E-state index contributed by atoms with van der Waals surface area (Å²) in [6.45, 7) is 0.0932. The Labute approximate surface area is 97.3 Å². The molecular weight excluding hydrogens is 246 g/mol. The first-order valence-electron chi connectivity index (χ1n) is 4.67. The van der Waals surface area contributed by atoms with Gasteiger partial charge in [0.2, 0.25) is 5.09 Å². The molecule has 2 aromatic heterocycles. The van der Waals surface area contributed by atoms with Crippen LogP contribution >= 0.6 is 0 Å². The predicted octanol–water partition coefficient (Wildman–Crippen LogP) is 1.16. The number of sulfonamides is 1. The van der Waals surface area contributed by atoms with Crippen LogP contribution in [0.3, 0.4) is 0 Å². The van der Waals surface area contributed by atoms with Crippen LogP contribution < -0.4 is 4.72 Å². The van der Waals surface area contributed by atoms with Crippen LogP contribution in [-0.2, 0) is 16.6 Å². The minimum absolute atomic E-state index is 0.0336. The normalized spacial score (nSPS) is 11.5. The lowest BCUT2D eigenvalue weighted by atomic mass is 10.4. The van der Waals surface area contributed by atoms with Crippen molar-refractivity contribution >= 4 is 16.3 Å². The highest BCUT2D eigenvalue weighted by molar-refractivity contribution is 7.89. The molecule has 0 radical (unpaired) electrons. The highest BCUT2D eigenvalue weighted by atomic mass is 32.2. The molecule has 17 heavy (non-hydrogen) atoms. The number of furan rings is 2. The maximum atomic E-state index is 11.7. The van der Waals surface area contributed by atoms with Crippen molar-refractivity contribution in [1.29, 1.82) is 0 Å². The van der Waals surface area contributed by atoms with Gasteiger partial charge in [0.25, 0.3) is 10.0 Å². The Bertz CT molecular complexity index is 596. The summed E-state index contributed by atoms with van der Waals surface area (Å²) in [5, 5.41) is -0.289. The number of hydrogen-bond donors (Lipinski definition) is 1. The van der Waals surface area contributed by atoms with Crippen molar-refractivity contribution in [3.05, 3.63) is 42.0 Å². The molecule has 0 aromatic carbocycles. The molecule has 0 aliphatic heterocycles. The lowest BCUT2D eigenvalue weighted by molar-refractivity contribution is 0.109. The monoisotopic (exact) mass is 255 g/mol. The molecule has 0 unspecified atom stereocenters. The van der Waals surface area contributed by atoms with E-state index in [1.165, 1.54) is 24.7 Å². The lowest BCUT2D eigenvalue weighted by Gasteiger charge is -2.01. The molecule has 7 heteroatoms.